The molecule has 0 bridgehead atoms. The first kappa shape index (κ1) is 11.0. The van der Waals surface area contributed by atoms with Crippen LogP contribution in [0.3, 0.4) is 0 Å². The largest absolute Gasteiger partial charge is 0.509 e. The average Bonchev–Trinajstić information content (AvgIpc) is 2.02. The molecule has 1 aromatic rings. The Balaban J connectivity index is 2.79. The van der Waals surface area contributed by atoms with E-state index in [1.54, 1.807) is 0 Å². The summed E-state index contributed by atoms with van der Waals surface area (Å²) >= 11 is 0. The van der Waals surface area contributed by atoms with Crippen molar-refractivity contribution >= 4 is 12.4 Å². The number of ether oxygens (including phenoxy) is 1. The Morgan fingerprint density at radius 2 is 1.57 bits per heavy atom. The molecule has 0 saturated carbocycles. The van der Waals surface area contributed by atoms with Gasteiger partial charge in [0.05, 0.1) is 6.10 Å². The van der Waals surface area contributed by atoms with E-state index >= 15 is 0 Å². The van der Waals surface area contributed by atoms with Gasteiger partial charge in [-0.05, 0) is 26.0 Å². The first-order valence-corrected chi connectivity index (χ1v) is 4.36. The van der Waals surface area contributed by atoms with Crippen LogP contribution in [0.5, 0.6) is 5.75 Å². The summed E-state index contributed by atoms with van der Waals surface area (Å²) in [5.41, 5.74) is -0.596. The highest BCUT2D eigenvalue weighted by Crippen LogP contribution is 2.14. The lowest BCUT2D eigenvalue weighted by molar-refractivity contribution is 0.242. The highest BCUT2D eigenvalue weighted by atomic mass is 19.4. The number of benzene rings is 1. The van der Waals surface area contributed by atoms with E-state index < -0.39 is 12.4 Å². The van der Waals surface area contributed by atoms with Gasteiger partial charge >= 0.3 is 6.98 Å². The monoisotopic (exact) mass is 203 g/mol. The minimum Gasteiger partial charge on any atom is -0.491 e. The van der Waals surface area contributed by atoms with Gasteiger partial charge in [0.2, 0.25) is 0 Å². The summed E-state index contributed by atoms with van der Waals surface area (Å²) in [6.45, 7) is -1.26. The molecule has 0 aromatic heterocycles. The summed E-state index contributed by atoms with van der Waals surface area (Å²) in [4.78, 5) is 0. The van der Waals surface area contributed by atoms with Crippen LogP contribution in [0.15, 0.2) is 24.3 Å². The summed E-state index contributed by atoms with van der Waals surface area (Å²) in [7, 11) is 0. The van der Waals surface area contributed by atoms with Gasteiger partial charge in [-0.2, -0.15) is 0 Å². The molecule has 0 atom stereocenters. The molecule has 0 heterocycles. The average molecular weight is 203 g/mol. The highest BCUT2D eigenvalue weighted by Gasteiger charge is 2.24. The molecule has 1 aromatic carbocycles. The maximum absolute atomic E-state index is 12.2. The lowest BCUT2D eigenvalue weighted by atomic mass is 9.80. The molecule has 0 saturated heterocycles. The van der Waals surface area contributed by atoms with Crippen LogP contribution < -0.4 is 10.2 Å². The Kier molecular flexibility index (Phi) is 3.08. The van der Waals surface area contributed by atoms with Gasteiger partial charge in [0.15, 0.2) is 0 Å². The van der Waals surface area contributed by atoms with Crippen LogP contribution in [0, 0.1) is 0 Å². The van der Waals surface area contributed by atoms with Gasteiger partial charge in [-0.15, -0.1) is 5.46 Å². The van der Waals surface area contributed by atoms with Crippen molar-refractivity contribution in [2.75, 3.05) is 0 Å². The van der Waals surface area contributed by atoms with Crippen LogP contribution in [-0.2, 0) is 0 Å². The fraction of sp³-hybridized carbons (Fsp3) is 0.333. The van der Waals surface area contributed by atoms with Gasteiger partial charge in [-0.3, -0.25) is 0 Å². The molecule has 0 aliphatic rings. The Bertz CT molecular complexity index is 292. The zero-order valence-corrected chi connectivity index (χ0v) is 8.01. The lowest BCUT2D eigenvalue weighted by Crippen LogP contribution is -2.33. The smallest absolute Gasteiger partial charge is 0.491 e. The maximum atomic E-state index is 12.2. The normalized spacial score (nSPS) is 11.9. The number of rotatable bonds is 3. The van der Waals surface area contributed by atoms with Crippen LogP contribution in [0.4, 0.5) is 12.9 Å². The van der Waals surface area contributed by atoms with Crippen molar-refractivity contribution in [1.29, 1.82) is 0 Å². The van der Waals surface area contributed by atoms with Crippen LogP contribution in [0.2, 0.25) is 0 Å². The van der Waals surface area contributed by atoms with Gasteiger partial charge in [0, 0.05) is 0 Å². The molecule has 0 aliphatic heterocycles. The fourth-order valence-electron chi connectivity index (χ4n) is 1.04. The second-order valence-electron chi connectivity index (χ2n) is 3.31. The van der Waals surface area contributed by atoms with Crippen molar-refractivity contribution in [1.82, 2.24) is 0 Å². The Hall–Kier alpha value is -1.13. The minimum absolute atomic E-state index is 0.0303. The quantitative estimate of drug-likeness (QED) is 0.685. The minimum atomic E-state index is -4.90. The van der Waals surface area contributed by atoms with Gasteiger partial charge in [0.25, 0.3) is 0 Å². The molecule has 0 fully saturated rings. The molecule has 0 spiro atoms. The SMILES string of the molecule is CC(C)Oc1ccc([B-](F)(F)F)cc1. The molecule has 0 amide bonds. The standard InChI is InChI=1S/C9H11BF3O/c1-7(2)14-9-5-3-8(4-6-9)10(11,12)13/h3-7H,1-2H3/q-1. The lowest BCUT2D eigenvalue weighted by Gasteiger charge is -2.15. The second kappa shape index (κ2) is 3.94. The molecular weight excluding hydrogens is 192 g/mol. The van der Waals surface area contributed by atoms with Crippen molar-refractivity contribution in [3.63, 3.8) is 0 Å². The number of halogens is 3. The van der Waals surface area contributed by atoms with Crippen molar-refractivity contribution in [2.45, 2.75) is 20.0 Å². The van der Waals surface area contributed by atoms with Crippen molar-refractivity contribution in [2.24, 2.45) is 0 Å². The fourth-order valence-corrected chi connectivity index (χ4v) is 1.04. The van der Waals surface area contributed by atoms with Crippen molar-refractivity contribution in [3.05, 3.63) is 24.3 Å². The summed E-state index contributed by atoms with van der Waals surface area (Å²) in [5.74, 6) is 0.462. The molecule has 0 N–H and O–H groups in total. The van der Waals surface area contributed by atoms with Gasteiger partial charge in [0.1, 0.15) is 5.75 Å². The van der Waals surface area contributed by atoms with E-state index in [-0.39, 0.29) is 6.10 Å². The van der Waals surface area contributed by atoms with E-state index in [4.69, 9.17) is 4.74 Å². The third-order valence-electron chi connectivity index (χ3n) is 1.63. The first-order valence-electron chi connectivity index (χ1n) is 4.36. The van der Waals surface area contributed by atoms with Crippen molar-refractivity contribution in [3.8, 4) is 5.75 Å². The second-order valence-corrected chi connectivity index (χ2v) is 3.31. The molecule has 0 unspecified atom stereocenters. The Morgan fingerprint density at radius 3 is 1.93 bits per heavy atom. The van der Waals surface area contributed by atoms with E-state index in [0.29, 0.717) is 5.75 Å². The molecular formula is C9H11BF3O-. The van der Waals surface area contributed by atoms with E-state index in [0.717, 1.165) is 12.1 Å². The summed E-state index contributed by atoms with van der Waals surface area (Å²) < 4.78 is 41.8. The van der Waals surface area contributed by atoms with Crippen LogP contribution >= 0.6 is 0 Å². The molecule has 0 radical (unpaired) electrons. The topological polar surface area (TPSA) is 9.23 Å². The first-order chi connectivity index (χ1) is 6.39. The van der Waals surface area contributed by atoms with Gasteiger partial charge < -0.3 is 17.7 Å². The van der Waals surface area contributed by atoms with Crippen molar-refractivity contribution < 1.29 is 17.7 Å². The van der Waals surface area contributed by atoms with E-state index in [9.17, 15) is 12.9 Å². The summed E-state index contributed by atoms with van der Waals surface area (Å²) in [5, 5.41) is 0. The zero-order chi connectivity index (χ0) is 10.8. The molecule has 0 aliphatic carbocycles. The van der Waals surface area contributed by atoms with Gasteiger partial charge in [-0.25, -0.2) is 0 Å². The van der Waals surface area contributed by atoms with E-state index in [2.05, 4.69) is 0 Å². The predicted molar refractivity (Wildman–Crippen MR) is 50.9 cm³/mol. The molecule has 1 rings (SSSR count). The number of hydrogen-bond donors (Lipinski definition) is 0. The molecule has 14 heavy (non-hydrogen) atoms. The van der Waals surface area contributed by atoms with Crippen LogP contribution in [-0.4, -0.2) is 13.1 Å². The summed E-state index contributed by atoms with van der Waals surface area (Å²) in [6.07, 6.45) is -0.0303. The highest BCUT2D eigenvalue weighted by molar-refractivity contribution is 6.73. The number of hydrogen-bond acceptors (Lipinski definition) is 1. The molecule has 78 valence electrons. The summed E-state index contributed by atoms with van der Waals surface area (Å²) in [6, 6.07) is 4.75. The maximum Gasteiger partial charge on any atom is 0.509 e. The zero-order valence-electron chi connectivity index (χ0n) is 8.01. The van der Waals surface area contributed by atoms with E-state index in [1.807, 2.05) is 13.8 Å². The third-order valence-corrected chi connectivity index (χ3v) is 1.63. The molecule has 1 nitrogen and oxygen atoms in total. The van der Waals surface area contributed by atoms with E-state index in [1.165, 1.54) is 12.1 Å². The van der Waals surface area contributed by atoms with Crippen LogP contribution in [0.1, 0.15) is 13.8 Å². The van der Waals surface area contributed by atoms with Gasteiger partial charge in [-0.1, -0.05) is 12.1 Å². The third kappa shape index (κ3) is 2.98. The predicted octanol–water partition coefficient (Wildman–Crippen LogP) is 2.53. The van der Waals surface area contributed by atoms with Crippen LogP contribution in [0.25, 0.3) is 0 Å². The Labute approximate surface area is 80.9 Å². The molecule has 5 heteroatoms. The Morgan fingerprint density at radius 1 is 1.07 bits per heavy atom.